The van der Waals surface area contributed by atoms with Gasteiger partial charge in [-0.25, -0.2) is 9.97 Å². The summed E-state index contributed by atoms with van der Waals surface area (Å²) in [6.45, 7) is 5.69. The van der Waals surface area contributed by atoms with Crippen LogP contribution in [0.1, 0.15) is 24.8 Å². The van der Waals surface area contributed by atoms with Gasteiger partial charge in [0.15, 0.2) is 5.82 Å². The molecule has 1 spiro atoms. The molecule has 0 aliphatic carbocycles. The summed E-state index contributed by atoms with van der Waals surface area (Å²) in [7, 11) is 0. The fourth-order valence-electron chi connectivity index (χ4n) is 3.86. The first-order chi connectivity index (χ1) is 11.3. The number of nitrogens with one attached hydrogen (secondary N) is 1. The highest BCUT2D eigenvalue weighted by Gasteiger charge is 2.38. The molecule has 2 aromatic rings. The lowest BCUT2D eigenvalue weighted by atomic mass is 9.80. The first kappa shape index (κ1) is 14.7. The Morgan fingerprint density at radius 2 is 2.04 bits per heavy atom. The predicted octanol–water partition coefficient (Wildman–Crippen LogP) is 2.11. The molecule has 2 fully saturated rings. The minimum absolute atomic E-state index is 0.507. The predicted molar refractivity (Wildman–Crippen MR) is 89.7 cm³/mol. The van der Waals surface area contributed by atoms with Gasteiger partial charge >= 0.3 is 0 Å². The largest absolute Gasteiger partial charge is 0.316 e. The van der Waals surface area contributed by atoms with Crippen molar-refractivity contribution in [3.05, 3.63) is 42.4 Å². The van der Waals surface area contributed by atoms with Gasteiger partial charge in [-0.2, -0.15) is 0 Å². The zero-order valence-electron chi connectivity index (χ0n) is 13.4. The van der Waals surface area contributed by atoms with Crippen LogP contribution in [0, 0.1) is 5.41 Å². The van der Waals surface area contributed by atoms with Crippen molar-refractivity contribution < 1.29 is 0 Å². The van der Waals surface area contributed by atoms with E-state index in [0.717, 1.165) is 12.2 Å². The Kier molecular flexibility index (Phi) is 4.06. The Hall–Kier alpha value is -1.85. The van der Waals surface area contributed by atoms with Crippen molar-refractivity contribution in [2.24, 2.45) is 5.41 Å². The number of pyridine rings is 1. The highest BCUT2D eigenvalue weighted by atomic mass is 15.2. The minimum atomic E-state index is 0.507. The number of hydrogen-bond acceptors (Lipinski definition) is 5. The molecule has 0 amide bonds. The Balaban J connectivity index is 1.40. The molecule has 2 saturated heterocycles. The topological polar surface area (TPSA) is 53.9 Å². The van der Waals surface area contributed by atoms with E-state index in [0.29, 0.717) is 11.2 Å². The summed E-state index contributed by atoms with van der Waals surface area (Å²) in [5, 5.41) is 3.57. The Morgan fingerprint density at radius 1 is 1.13 bits per heavy atom. The van der Waals surface area contributed by atoms with Gasteiger partial charge in [0.1, 0.15) is 5.69 Å². The maximum Gasteiger partial charge on any atom is 0.178 e. The lowest BCUT2D eigenvalue weighted by Crippen LogP contribution is -2.41. The third-order valence-electron chi connectivity index (χ3n) is 5.08. The van der Waals surface area contributed by atoms with E-state index in [1.807, 2.05) is 30.6 Å². The highest BCUT2D eigenvalue weighted by molar-refractivity contribution is 5.47. The lowest BCUT2D eigenvalue weighted by Gasteiger charge is -2.34. The van der Waals surface area contributed by atoms with Gasteiger partial charge in [0.25, 0.3) is 0 Å². The van der Waals surface area contributed by atoms with E-state index in [4.69, 9.17) is 0 Å². The molecule has 2 aliphatic heterocycles. The standard InChI is InChI=1S/C18H23N5/c1-2-8-20-16(4-1)17-21-10-15(11-22-17)12-23-9-6-18(14-23)5-3-7-19-13-18/h1-2,4,8,10-11,19H,3,5-7,9,12-14H2/t18-/m1/s1. The second-order valence-electron chi connectivity index (χ2n) is 6.87. The van der Waals surface area contributed by atoms with E-state index in [9.17, 15) is 0 Å². The van der Waals surface area contributed by atoms with Gasteiger partial charge in [0.05, 0.1) is 0 Å². The molecular formula is C18H23N5. The number of aromatic nitrogens is 3. The van der Waals surface area contributed by atoms with E-state index in [-0.39, 0.29) is 0 Å². The third kappa shape index (κ3) is 3.26. The first-order valence-corrected chi connectivity index (χ1v) is 8.48. The van der Waals surface area contributed by atoms with Gasteiger partial charge in [0, 0.05) is 43.8 Å². The van der Waals surface area contributed by atoms with Gasteiger partial charge in [-0.3, -0.25) is 9.88 Å². The molecular weight excluding hydrogens is 286 g/mol. The number of piperidine rings is 1. The average Bonchev–Trinajstić information content (AvgIpc) is 2.99. The zero-order chi connectivity index (χ0) is 15.5. The molecule has 0 unspecified atom stereocenters. The molecule has 0 aromatic carbocycles. The maximum absolute atomic E-state index is 4.48. The van der Waals surface area contributed by atoms with Crippen molar-refractivity contribution in [3.8, 4) is 11.5 Å². The maximum atomic E-state index is 4.48. The number of hydrogen-bond donors (Lipinski definition) is 1. The van der Waals surface area contributed by atoms with Crippen LogP contribution in [-0.2, 0) is 6.54 Å². The van der Waals surface area contributed by atoms with Crippen molar-refractivity contribution in [1.29, 1.82) is 0 Å². The monoisotopic (exact) mass is 309 g/mol. The number of nitrogens with zero attached hydrogens (tertiary/aromatic N) is 4. The van der Waals surface area contributed by atoms with Crippen LogP contribution in [0.25, 0.3) is 11.5 Å². The second-order valence-corrected chi connectivity index (χ2v) is 6.87. The molecule has 1 N–H and O–H groups in total. The Labute approximate surface area is 137 Å². The molecule has 0 saturated carbocycles. The molecule has 1 atom stereocenters. The average molecular weight is 309 g/mol. The van der Waals surface area contributed by atoms with Gasteiger partial charge in [-0.05, 0) is 49.9 Å². The summed E-state index contributed by atoms with van der Waals surface area (Å²) < 4.78 is 0. The fraction of sp³-hybridized carbons (Fsp3) is 0.500. The normalized spacial score (nSPS) is 25.0. The van der Waals surface area contributed by atoms with Crippen LogP contribution in [0.5, 0.6) is 0 Å². The van der Waals surface area contributed by atoms with Crippen molar-refractivity contribution in [1.82, 2.24) is 25.2 Å². The van der Waals surface area contributed by atoms with Crippen LogP contribution in [0.3, 0.4) is 0 Å². The molecule has 2 aliphatic rings. The smallest absolute Gasteiger partial charge is 0.178 e. The second kappa shape index (κ2) is 6.34. The third-order valence-corrected chi connectivity index (χ3v) is 5.08. The molecule has 23 heavy (non-hydrogen) atoms. The van der Waals surface area contributed by atoms with Crippen LogP contribution >= 0.6 is 0 Å². The summed E-state index contributed by atoms with van der Waals surface area (Å²) in [4.78, 5) is 15.8. The molecule has 0 radical (unpaired) electrons. The lowest BCUT2D eigenvalue weighted by molar-refractivity contribution is 0.199. The summed E-state index contributed by atoms with van der Waals surface area (Å²) in [5.41, 5.74) is 2.52. The quantitative estimate of drug-likeness (QED) is 0.941. The summed E-state index contributed by atoms with van der Waals surface area (Å²) in [5.74, 6) is 0.698. The van der Waals surface area contributed by atoms with E-state index < -0.39 is 0 Å². The SMILES string of the molecule is c1ccc(-c2ncc(CN3CC[C@@]4(CCCNC4)C3)cn2)nc1. The van der Waals surface area contributed by atoms with Crippen LogP contribution in [0.4, 0.5) is 0 Å². The summed E-state index contributed by atoms with van der Waals surface area (Å²) in [6.07, 6.45) is 9.66. The molecule has 4 rings (SSSR count). The van der Waals surface area contributed by atoms with Gasteiger partial charge in [-0.15, -0.1) is 0 Å². The number of rotatable bonds is 3. The molecule has 0 bridgehead atoms. The van der Waals surface area contributed by atoms with E-state index in [1.54, 1.807) is 6.20 Å². The van der Waals surface area contributed by atoms with Crippen LogP contribution in [-0.4, -0.2) is 46.0 Å². The molecule has 2 aromatic heterocycles. The molecule has 4 heterocycles. The number of likely N-dealkylation sites (tertiary alicyclic amines) is 1. The van der Waals surface area contributed by atoms with Crippen molar-refractivity contribution in [2.75, 3.05) is 26.2 Å². The van der Waals surface area contributed by atoms with Crippen molar-refractivity contribution in [2.45, 2.75) is 25.8 Å². The van der Waals surface area contributed by atoms with Crippen LogP contribution in [0.2, 0.25) is 0 Å². The summed E-state index contributed by atoms with van der Waals surface area (Å²) in [6, 6.07) is 5.80. The van der Waals surface area contributed by atoms with Gasteiger partial charge < -0.3 is 5.32 Å². The van der Waals surface area contributed by atoms with E-state index >= 15 is 0 Å². The highest BCUT2D eigenvalue weighted by Crippen LogP contribution is 2.36. The van der Waals surface area contributed by atoms with E-state index in [2.05, 4.69) is 25.2 Å². The molecule has 120 valence electrons. The molecule has 5 nitrogen and oxygen atoms in total. The van der Waals surface area contributed by atoms with E-state index in [1.165, 1.54) is 51.0 Å². The van der Waals surface area contributed by atoms with Gasteiger partial charge in [-0.1, -0.05) is 6.07 Å². The Bertz CT molecular complexity index is 634. The Morgan fingerprint density at radius 3 is 2.78 bits per heavy atom. The molecule has 5 heteroatoms. The van der Waals surface area contributed by atoms with Crippen molar-refractivity contribution >= 4 is 0 Å². The summed E-state index contributed by atoms with van der Waals surface area (Å²) >= 11 is 0. The van der Waals surface area contributed by atoms with Crippen molar-refractivity contribution in [3.63, 3.8) is 0 Å². The zero-order valence-corrected chi connectivity index (χ0v) is 13.4. The first-order valence-electron chi connectivity index (χ1n) is 8.48. The van der Waals surface area contributed by atoms with Gasteiger partial charge in [0.2, 0.25) is 0 Å². The fourth-order valence-corrected chi connectivity index (χ4v) is 3.86. The van der Waals surface area contributed by atoms with Crippen LogP contribution in [0.15, 0.2) is 36.8 Å². The van der Waals surface area contributed by atoms with Crippen LogP contribution < -0.4 is 5.32 Å². The minimum Gasteiger partial charge on any atom is -0.316 e.